The second-order valence-electron chi connectivity index (χ2n) is 11.8. The summed E-state index contributed by atoms with van der Waals surface area (Å²) in [5.74, 6) is 6.83. The molecule has 2 heteroatoms. The van der Waals surface area contributed by atoms with Gasteiger partial charge in [0.15, 0.2) is 0 Å². The van der Waals surface area contributed by atoms with E-state index in [0.717, 1.165) is 65.8 Å². The first kappa shape index (κ1) is 32.6. The van der Waals surface area contributed by atoms with Crippen molar-refractivity contribution in [2.45, 2.75) is 137 Å². The second-order valence-corrected chi connectivity index (χ2v) is 11.8. The summed E-state index contributed by atoms with van der Waals surface area (Å²) in [5, 5.41) is 0. The zero-order valence-electron chi connectivity index (χ0n) is 26.5. The molecule has 0 atom stereocenters. The third-order valence-corrected chi connectivity index (χ3v) is 8.35. The molecule has 0 amide bonds. The molecule has 2 aromatic carbocycles. The van der Waals surface area contributed by atoms with Gasteiger partial charge in [0, 0.05) is 23.1 Å². The molecule has 0 unspecified atom stereocenters. The van der Waals surface area contributed by atoms with E-state index in [0.29, 0.717) is 0 Å². The van der Waals surface area contributed by atoms with Crippen molar-refractivity contribution in [3.8, 4) is 11.8 Å². The van der Waals surface area contributed by atoms with Crippen molar-refractivity contribution < 1.29 is 4.70 Å². The normalized spacial score (nSPS) is 13.2. The minimum absolute atomic E-state index is 0.809. The summed E-state index contributed by atoms with van der Waals surface area (Å²) < 4.78 is 1.39. The van der Waals surface area contributed by atoms with Crippen LogP contribution < -0.4 is 0 Å². The molecule has 0 N–H and O–H groups in total. The molecule has 2 nitrogen and oxygen atoms in total. The van der Waals surface area contributed by atoms with Crippen molar-refractivity contribution in [3.63, 3.8) is 0 Å². The Morgan fingerprint density at radius 2 is 1.00 bits per heavy atom. The number of nitrogens with zero attached hydrogens (tertiary/aromatic N) is 2. The van der Waals surface area contributed by atoms with Crippen LogP contribution >= 0.6 is 0 Å². The maximum atomic E-state index is 11.6. The average Bonchev–Trinajstić information content (AvgIpc) is 3.24. The van der Waals surface area contributed by atoms with Crippen LogP contribution in [0.2, 0.25) is 0 Å². The van der Waals surface area contributed by atoms with Gasteiger partial charge in [-0.3, -0.25) is 0 Å². The Hall–Kier alpha value is -2.92. The molecule has 0 fully saturated rings. The van der Waals surface area contributed by atoms with E-state index < -0.39 is 0 Å². The van der Waals surface area contributed by atoms with E-state index in [4.69, 9.17) is 0 Å². The van der Waals surface area contributed by atoms with E-state index in [2.05, 4.69) is 88.1 Å². The Labute approximate surface area is 251 Å². The quantitative estimate of drug-likeness (QED) is 0.100. The van der Waals surface area contributed by atoms with Gasteiger partial charge >= 0.3 is 0 Å². The van der Waals surface area contributed by atoms with Gasteiger partial charge in [-0.25, -0.2) is 4.70 Å². The molecule has 0 saturated carbocycles. The molecule has 1 heterocycles. The van der Waals surface area contributed by atoms with Gasteiger partial charge in [-0.15, -0.1) is 0 Å². The number of benzene rings is 2. The van der Waals surface area contributed by atoms with Gasteiger partial charge in [0.25, 0.3) is 0 Å². The van der Waals surface area contributed by atoms with Gasteiger partial charge in [-0.1, -0.05) is 128 Å². The van der Waals surface area contributed by atoms with Crippen LogP contribution in [0.5, 0.6) is 0 Å². The molecule has 220 valence electrons. The van der Waals surface area contributed by atoms with Crippen molar-refractivity contribution in [1.29, 1.82) is 0 Å². The summed E-state index contributed by atoms with van der Waals surface area (Å²) in [5.41, 5.74) is 20.0. The third kappa shape index (κ3) is 10.1. The zero-order valence-corrected chi connectivity index (χ0v) is 26.5. The summed E-state index contributed by atoms with van der Waals surface area (Å²) >= 11 is 0. The van der Waals surface area contributed by atoms with Crippen LogP contribution in [0.25, 0.3) is 16.9 Å². The molecule has 3 rings (SSSR count). The van der Waals surface area contributed by atoms with Crippen LogP contribution in [0, 0.1) is 11.8 Å². The highest BCUT2D eigenvalue weighted by Gasteiger charge is 2.33. The highest BCUT2D eigenvalue weighted by molar-refractivity contribution is 5.85. The Kier molecular flexibility index (Phi) is 14.7. The highest BCUT2D eigenvalue weighted by atomic mass is 15.2. The summed E-state index contributed by atoms with van der Waals surface area (Å²) in [6, 6.07) is 17.6. The average molecular weight is 551 g/mol. The number of unbranched alkanes of at least 4 members (excludes halogenated alkanes) is 12. The summed E-state index contributed by atoms with van der Waals surface area (Å²) in [4.78, 5) is 0. The summed E-state index contributed by atoms with van der Waals surface area (Å²) in [7, 11) is 0. The fraction of sp³-hybridized carbons (Fsp3) is 0.538. The smallest absolute Gasteiger partial charge is 0.223 e. The van der Waals surface area contributed by atoms with E-state index in [1.54, 1.807) is 0 Å². The predicted molar refractivity (Wildman–Crippen MR) is 177 cm³/mol. The van der Waals surface area contributed by atoms with Crippen LogP contribution in [0.15, 0.2) is 59.7 Å². The van der Waals surface area contributed by atoms with Gasteiger partial charge in [-0.2, -0.15) is 0 Å². The molecule has 2 aromatic rings. The standard InChI is InChI=1S/C39H54N2/c1-5-8-11-14-16-18-21-33-24-28-35(29-25-33)38-32(4)37(23-20-13-10-7-3)39(41(38)40)36-30-26-34(27-31-36)22-19-17-15-12-9-6-2/h24-31H,5-19,21-22H2,1-4H3. The van der Waals surface area contributed by atoms with E-state index in [-0.39, 0.29) is 0 Å². The molecule has 41 heavy (non-hydrogen) atoms. The van der Waals surface area contributed by atoms with Crippen LogP contribution in [0.3, 0.4) is 0 Å². The van der Waals surface area contributed by atoms with Gasteiger partial charge in [0.1, 0.15) is 5.57 Å². The second kappa shape index (κ2) is 18.5. The van der Waals surface area contributed by atoms with Crippen molar-refractivity contribution in [1.82, 2.24) is 0 Å². The third-order valence-electron chi connectivity index (χ3n) is 8.35. The van der Waals surface area contributed by atoms with Gasteiger partial charge < -0.3 is 5.53 Å². The van der Waals surface area contributed by atoms with Crippen molar-refractivity contribution in [2.24, 2.45) is 0 Å². The largest absolute Gasteiger partial charge is 0.493 e. The van der Waals surface area contributed by atoms with E-state index in [1.807, 2.05) is 0 Å². The maximum Gasteiger partial charge on any atom is 0.223 e. The summed E-state index contributed by atoms with van der Waals surface area (Å²) in [6.45, 7) is 8.84. The lowest BCUT2D eigenvalue weighted by molar-refractivity contribution is -0.345. The van der Waals surface area contributed by atoms with Gasteiger partial charge in [0.2, 0.25) is 11.4 Å². The molecule has 1 aliphatic rings. The first-order valence-electron chi connectivity index (χ1n) is 16.7. The first-order chi connectivity index (χ1) is 20.1. The van der Waals surface area contributed by atoms with Gasteiger partial charge in [-0.05, 0) is 74.4 Å². The number of rotatable bonds is 18. The SMILES string of the molecule is CCCCC#CC1=C(c2ccc(CCCCCCCC)cc2)[N+](=[N-])C(c2ccc(CCCCCCCC)cc2)=C1C. The van der Waals surface area contributed by atoms with Crippen LogP contribution in [-0.2, 0) is 12.8 Å². The van der Waals surface area contributed by atoms with Crippen molar-refractivity contribution in [2.75, 3.05) is 0 Å². The van der Waals surface area contributed by atoms with E-state index in [1.165, 1.54) is 92.9 Å². The molecule has 0 aromatic heterocycles. The lowest BCUT2D eigenvalue weighted by Crippen LogP contribution is -2.02. The number of aryl methyl sites for hydroxylation is 2. The lowest BCUT2D eigenvalue weighted by atomic mass is 9.99. The monoisotopic (exact) mass is 550 g/mol. The summed E-state index contributed by atoms with van der Waals surface area (Å²) in [6.07, 6.45) is 21.1. The minimum atomic E-state index is 0.809. The minimum Gasteiger partial charge on any atom is -0.493 e. The highest BCUT2D eigenvalue weighted by Crippen LogP contribution is 2.40. The fourth-order valence-corrected chi connectivity index (χ4v) is 5.72. The number of hydrogen-bond donors (Lipinski definition) is 0. The molecule has 0 radical (unpaired) electrons. The molecule has 0 aliphatic carbocycles. The number of allylic oxidation sites excluding steroid dienone is 2. The topological polar surface area (TPSA) is 25.3 Å². The molecule has 0 spiro atoms. The van der Waals surface area contributed by atoms with Gasteiger partial charge in [0.05, 0.1) is 0 Å². The Bertz CT molecular complexity index is 1200. The van der Waals surface area contributed by atoms with Crippen LogP contribution in [-0.4, -0.2) is 4.70 Å². The Balaban J connectivity index is 1.73. The van der Waals surface area contributed by atoms with Crippen LogP contribution in [0.4, 0.5) is 0 Å². The fourth-order valence-electron chi connectivity index (χ4n) is 5.72. The number of hydrogen-bond acceptors (Lipinski definition) is 0. The van der Waals surface area contributed by atoms with Crippen molar-refractivity contribution >= 4 is 11.4 Å². The molecule has 1 aliphatic heterocycles. The molecule has 0 saturated heterocycles. The van der Waals surface area contributed by atoms with Crippen LogP contribution in [0.1, 0.15) is 146 Å². The van der Waals surface area contributed by atoms with Crippen molar-refractivity contribution in [3.05, 3.63) is 87.5 Å². The maximum absolute atomic E-state index is 11.6. The Morgan fingerprint density at radius 1 is 0.561 bits per heavy atom. The zero-order chi connectivity index (χ0) is 29.3. The van der Waals surface area contributed by atoms with E-state index in [9.17, 15) is 5.53 Å². The molecular formula is C39H54N2. The molecule has 0 bridgehead atoms. The lowest BCUT2D eigenvalue weighted by Gasteiger charge is -2.10. The first-order valence-corrected chi connectivity index (χ1v) is 16.7. The molecular weight excluding hydrogens is 496 g/mol. The van der Waals surface area contributed by atoms with E-state index >= 15 is 0 Å². The Morgan fingerprint density at radius 3 is 1.49 bits per heavy atom. The predicted octanol–water partition coefficient (Wildman–Crippen LogP) is 11.9.